The van der Waals surface area contributed by atoms with Gasteiger partial charge in [0.25, 0.3) is 22.9 Å². The Morgan fingerprint density at radius 3 is 1.44 bits per heavy atom. The Kier molecular flexibility index (Phi) is 38.2. The zero-order chi connectivity index (χ0) is 38.7. The van der Waals surface area contributed by atoms with Gasteiger partial charge in [0.2, 0.25) is 0 Å². The van der Waals surface area contributed by atoms with Gasteiger partial charge in [-0.3, -0.25) is 24.0 Å². The van der Waals surface area contributed by atoms with Gasteiger partial charge in [-0.1, -0.05) is 27.0 Å². The second-order valence-electron chi connectivity index (χ2n) is 10.9. The van der Waals surface area contributed by atoms with Crippen LogP contribution in [0.15, 0.2) is 105 Å². The van der Waals surface area contributed by atoms with Gasteiger partial charge < -0.3 is 36.3 Å². The molecule has 0 aliphatic rings. The quantitative estimate of drug-likeness (QED) is 0.0231. The van der Waals surface area contributed by atoms with Gasteiger partial charge in [-0.25, -0.2) is 15.0 Å². The molecular weight excluding hydrogens is 830 g/mol. The van der Waals surface area contributed by atoms with Crippen molar-refractivity contribution in [2.24, 2.45) is 5.73 Å². The maximum atomic E-state index is 12.3. The summed E-state index contributed by atoms with van der Waals surface area (Å²) in [5.41, 5.74) is 7.22. The summed E-state index contributed by atoms with van der Waals surface area (Å²) in [6.07, 6.45) is 20.5. The Morgan fingerprint density at radius 2 is 1.07 bits per heavy atom. The van der Waals surface area contributed by atoms with Crippen molar-refractivity contribution in [2.75, 3.05) is 13.1 Å². The summed E-state index contributed by atoms with van der Waals surface area (Å²) in [7, 11) is 0. The number of hydrogen-bond acceptors (Lipinski definition) is 11. The molecule has 0 spiro atoms. The van der Waals surface area contributed by atoms with Gasteiger partial charge in [0, 0.05) is 92.0 Å². The van der Waals surface area contributed by atoms with E-state index in [4.69, 9.17) is 39.0 Å². The molecule has 5 aromatic rings. The molecule has 300 valence electrons. The molecule has 0 saturated heterocycles. The number of nitrogens with two attached hydrogens (primary N) is 1. The van der Waals surface area contributed by atoms with E-state index in [1.807, 2.05) is 32.3 Å². The van der Waals surface area contributed by atoms with Crippen LogP contribution in [-0.2, 0) is 29.3 Å². The molecule has 0 atom stereocenters. The van der Waals surface area contributed by atoms with E-state index in [1.165, 1.54) is 24.3 Å². The first-order valence-corrected chi connectivity index (χ1v) is 17.1. The third-order valence-electron chi connectivity index (χ3n) is 7.09. The van der Waals surface area contributed by atoms with Gasteiger partial charge in [0.15, 0.2) is 5.78 Å². The summed E-state index contributed by atoms with van der Waals surface area (Å²) in [5, 5.41) is 10.2. The number of imidazole rings is 3. The van der Waals surface area contributed by atoms with E-state index in [1.54, 1.807) is 61.8 Å². The van der Waals surface area contributed by atoms with Gasteiger partial charge in [0.1, 0.15) is 0 Å². The molecule has 0 bridgehead atoms. The fraction of sp³-hybridized carbons (Fsp3) is 0.316. The van der Waals surface area contributed by atoms with E-state index < -0.39 is 10.5 Å². The van der Waals surface area contributed by atoms with Crippen LogP contribution in [0.3, 0.4) is 0 Å². The number of halogens is 2. The van der Waals surface area contributed by atoms with Crippen molar-refractivity contribution < 1.29 is 138 Å². The van der Waals surface area contributed by atoms with Crippen LogP contribution in [0, 0.1) is 0 Å². The second kappa shape index (κ2) is 36.8. The van der Waals surface area contributed by atoms with Crippen LogP contribution in [0.4, 0.5) is 0 Å². The van der Waals surface area contributed by atoms with Crippen LogP contribution < -0.4 is 119 Å². The molecule has 3 heterocycles. The average Bonchev–Trinajstić information content (AvgIpc) is 4.00. The number of Topliss-reactive ketones (excluding diaryl/α,β-unsaturated/α-hetero) is 1. The second-order valence-corrected chi connectivity index (χ2v) is 11.6. The minimum atomic E-state index is -0.552. The number of nitrogens with one attached hydrogen (secondary N) is 1. The number of hydrogen-bond donors (Lipinski definition) is 2. The van der Waals surface area contributed by atoms with E-state index in [0.29, 0.717) is 35.2 Å². The van der Waals surface area contributed by atoms with Crippen molar-refractivity contribution in [3.8, 4) is 0 Å². The molecule has 5 rings (SSSR count). The Balaban J connectivity index is -0.000000405. The molecule has 15 nitrogen and oxygen atoms in total. The summed E-state index contributed by atoms with van der Waals surface area (Å²) in [6, 6.07) is 12.7. The molecule has 0 saturated carbocycles. The Labute approximate surface area is 430 Å². The van der Waals surface area contributed by atoms with Crippen molar-refractivity contribution in [1.29, 1.82) is 0 Å². The molecule has 0 unspecified atom stereocenters. The van der Waals surface area contributed by atoms with E-state index in [-0.39, 0.29) is 137 Å². The van der Waals surface area contributed by atoms with Crippen molar-refractivity contribution in [3.63, 3.8) is 0 Å². The number of amides is 1. The van der Waals surface area contributed by atoms with E-state index in [9.17, 15) is 19.2 Å². The number of rotatable bonds is 17. The number of aryl methyl sites for hydroxylation is 3. The van der Waals surface area contributed by atoms with Crippen LogP contribution in [0.1, 0.15) is 89.8 Å². The number of aromatic nitrogens is 6. The van der Waals surface area contributed by atoms with Crippen molar-refractivity contribution in [1.82, 2.24) is 34.0 Å². The zero-order valence-electron chi connectivity index (χ0n) is 31.8. The van der Waals surface area contributed by atoms with Crippen molar-refractivity contribution in [2.45, 2.75) is 66.6 Å². The van der Waals surface area contributed by atoms with Crippen LogP contribution in [0.5, 0.6) is 0 Å². The smallest absolute Gasteiger partial charge is 1.00 e. The van der Waals surface area contributed by atoms with Crippen LogP contribution in [0.25, 0.3) is 0 Å². The zero-order valence-corrected chi connectivity index (χ0v) is 38.6. The largest absolute Gasteiger partial charge is 1.00 e. The first-order chi connectivity index (χ1) is 25.7. The summed E-state index contributed by atoms with van der Waals surface area (Å²) in [6.45, 7) is 3.82. The molecular formula is C38H50Cl2K2N8O7. The molecule has 2 aromatic carbocycles. The number of benzene rings is 2. The number of nitrogens with zero attached hydrogens (tertiary/aromatic N) is 6. The number of carbonyl (C=O) groups excluding carboxylic acids is 5. The maximum Gasteiger partial charge on any atom is 1.00 e. The molecule has 0 aliphatic heterocycles. The van der Waals surface area contributed by atoms with Gasteiger partial charge in [-0.15, -0.1) is 0 Å². The van der Waals surface area contributed by atoms with E-state index in [2.05, 4.69) is 25.2 Å². The molecule has 0 aliphatic carbocycles. The van der Waals surface area contributed by atoms with Crippen molar-refractivity contribution >= 4 is 51.8 Å². The predicted octanol–water partition coefficient (Wildman–Crippen LogP) is -0.543. The SMILES string of the molecule is C.C.NCCCn1ccnc1.O=C(CCCCn1ccnc1)c1ccc(C(=O)NCCCn2ccnc2)cc1.O=C(Cl)c1ccc(C(=O)Cl)cc1.O=CO[O-].[H-].[K+].[K+]. The monoisotopic (exact) mass is 878 g/mol. The molecule has 19 heteroatoms. The number of ketones is 1. The predicted molar refractivity (Wildman–Crippen MR) is 210 cm³/mol. The Hall–Kier alpha value is -2.21. The summed E-state index contributed by atoms with van der Waals surface area (Å²) >= 11 is 10.4. The van der Waals surface area contributed by atoms with Gasteiger partial charge in [-0.05, 0) is 91.8 Å². The van der Waals surface area contributed by atoms with Gasteiger partial charge in [0.05, 0.1) is 19.0 Å². The fourth-order valence-electron chi connectivity index (χ4n) is 4.36. The van der Waals surface area contributed by atoms with Crippen LogP contribution in [-0.4, -0.2) is 70.4 Å². The molecule has 1 amide bonds. The fourth-order valence-corrected chi connectivity index (χ4v) is 4.61. The molecule has 0 radical (unpaired) electrons. The minimum Gasteiger partial charge on any atom is -1.00 e. The summed E-state index contributed by atoms with van der Waals surface area (Å²) in [4.78, 5) is 68.8. The molecule has 0 fully saturated rings. The Morgan fingerprint density at radius 1 is 0.684 bits per heavy atom. The standard InChI is InChI=1S/C21H25N5O2.C8H4Cl2O2.C6H11N3.CH2O3.2CH4.2K.H/c27-20(4-1-2-12-25-14-10-22-16-25)18-5-7-19(8-6-18)21(28)24-9-3-13-26-15-11-23-17-26;9-7(11)5-1-2-6(4-3-5)8(10)12;7-2-1-4-9-5-3-8-6-9;2-1-4-3;;;;;/h5-8,10-11,14-17H,1-4,9,12-13H2,(H,24,28);1-4H;3,5-6H,1-2,4,7H2;1,3H;2*1H4;;;/q;;;;;;2*+1;-1/p-1. The molecule has 57 heavy (non-hydrogen) atoms. The third kappa shape index (κ3) is 26.5. The topological polar surface area (TPSA) is 209 Å². The van der Waals surface area contributed by atoms with Crippen LogP contribution in [0.2, 0.25) is 0 Å². The van der Waals surface area contributed by atoms with E-state index >= 15 is 0 Å². The number of carbonyl (C=O) groups is 5. The van der Waals surface area contributed by atoms with Gasteiger partial charge in [-0.2, -0.15) is 0 Å². The van der Waals surface area contributed by atoms with Gasteiger partial charge >= 0.3 is 103 Å². The van der Waals surface area contributed by atoms with Crippen molar-refractivity contribution in [3.05, 3.63) is 127 Å². The first-order valence-electron chi connectivity index (χ1n) is 16.4. The maximum absolute atomic E-state index is 12.3. The Bertz CT molecular complexity index is 1670. The average molecular weight is 880 g/mol. The minimum absolute atomic E-state index is 0. The third-order valence-corrected chi connectivity index (χ3v) is 7.53. The van der Waals surface area contributed by atoms with E-state index in [0.717, 1.165) is 51.9 Å². The number of unbranched alkanes of at least 4 members (excludes halogenated alkanes) is 1. The molecule has 3 aromatic heterocycles. The normalized spacial score (nSPS) is 9.19. The first kappa shape index (κ1) is 59.1. The summed E-state index contributed by atoms with van der Waals surface area (Å²) < 4.78 is 6.00. The molecule has 3 N–H and O–H groups in total. The summed E-state index contributed by atoms with van der Waals surface area (Å²) in [5.74, 6) is -0.0112. The van der Waals surface area contributed by atoms with Crippen LogP contribution >= 0.6 is 23.2 Å².